The third-order valence-corrected chi connectivity index (χ3v) is 9.27. The zero-order valence-corrected chi connectivity index (χ0v) is 27.3. The van der Waals surface area contributed by atoms with E-state index in [-0.39, 0.29) is 16.9 Å². The Bertz CT molecular complexity index is 2340. The average Bonchev–Trinajstić information content (AvgIpc) is 3.55. The highest BCUT2D eigenvalue weighted by Crippen LogP contribution is 2.24. The van der Waals surface area contributed by atoms with Crippen molar-refractivity contribution in [3.63, 3.8) is 0 Å². The number of nitrogen functional groups attached to an aromatic ring is 1. The SMILES string of the molecule is Bc1c(B)c(B)c(-n2c([C@@H](C)NC(=O)c3c(N)nn4cccnc34)cc3cccc(C#Cc4cnn(C)c4C)c3c2=O)c(B)c1B. The summed E-state index contributed by atoms with van der Waals surface area (Å²) in [5.41, 5.74) is 15.6. The van der Waals surface area contributed by atoms with E-state index in [0.29, 0.717) is 22.3 Å². The Hall–Kier alpha value is -5.37. The van der Waals surface area contributed by atoms with Crippen molar-refractivity contribution in [2.45, 2.75) is 19.9 Å². The molecule has 4 aromatic heterocycles. The molecule has 4 heterocycles. The lowest BCUT2D eigenvalue weighted by Crippen LogP contribution is -2.57. The predicted molar refractivity (Wildman–Crippen MR) is 198 cm³/mol. The lowest BCUT2D eigenvalue weighted by atomic mass is 9.61. The zero-order valence-electron chi connectivity index (χ0n) is 27.3. The number of anilines is 1. The van der Waals surface area contributed by atoms with E-state index < -0.39 is 11.9 Å². The number of pyridine rings is 1. The van der Waals surface area contributed by atoms with Gasteiger partial charge in [0.05, 0.1) is 28.9 Å². The number of carbonyl (C=O) groups excluding carboxylic acids is 1. The summed E-state index contributed by atoms with van der Waals surface area (Å²) in [6.45, 7) is 3.82. The van der Waals surface area contributed by atoms with Crippen molar-refractivity contribution in [1.29, 1.82) is 0 Å². The van der Waals surface area contributed by atoms with Gasteiger partial charge in [0.15, 0.2) is 11.5 Å². The highest BCUT2D eigenvalue weighted by Gasteiger charge is 2.25. The van der Waals surface area contributed by atoms with E-state index in [9.17, 15) is 9.59 Å². The van der Waals surface area contributed by atoms with Crippen LogP contribution in [0.1, 0.15) is 45.8 Å². The highest BCUT2D eigenvalue weighted by atomic mass is 16.2. The first-order valence-corrected chi connectivity index (χ1v) is 15.1. The molecule has 0 radical (unpaired) electrons. The Balaban J connectivity index is 1.58. The highest BCUT2D eigenvalue weighted by molar-refractivity contribution is 6.68. The van der Waals surface area contributed by atoms with Crippen molar-refractivity contribution >= 4 is 94.7 Å². The van der Waals surface area contributed by atoms with E-state index in [1.54, 1.807) is 33.9 Å². The number of benzene rings is 2. The molecule has 3 N–H and O–H groups in total. The maximum absolute atomic E-state index is 14.8. The number of aromatic nitrogens is 6. The molecule has 0 fully saturated rings. The minimum Gasteiger partial charge on any atom is -0.381 e. The van der Waals surface area contributed by atoms with Crippen molar-refractivity contribution < 1.29 is 4.79 Å². The summed E-state index contributed by atoms with van der Waals surface area (Å²) in [5, 5.41) is 12.8. The Morgan fingerprint density at radius 2 is 1.67 bits per heavy atom. The zero-order chi connectivity index (χ0) is 33.0. The number of amides is 1. The first-order valence-electron chi connectivity index (χ1n) is 15.1. The number of hydrogen-bond acceptors (Lipinski definition) is 6. The number of nitrogens with two attached hydrogens (primary N) is 1. The van der Waals surface area contributed by atoms with E-state index in [4.69, 9.17) is 5.73 Å². The molecule has 6 rings (SSSR count). The molecular weight excluding hydrogens is 570 g/mol. The molecule has 0 saturated heterocycles. The molecule has 1 amide bonds. The fraction of sp³-hybridized carbons (Fsp3) is 0.129. The third kappa shape index (κ3) is 4.90. The molecule has 222 valence electrons. The molecule has 0 saturated carbocycles. The van der Waals surface area contributed by atoms with E-state index in [0.717, 1.165) is 44.2 Å². The van der Waals surface area contributed by atoms with Crippen LogP contribution in [0.15, 0.2) is 53.7 Å². The monoisotopic (exact) mass is 602 g/mol. The fourth-order valence-corrected chi connectivity index (χ4v) is 6.07. The van der Waals surface area contributed by atoms with Gasteiger partial charge < -0.3 is 11.1 Å². The second kappa shape index (κ2) is 11.5. The quantitative estimate of drug-likeness (QED) is 0.154. The first kappa shape index (κ1) is 30.7. The lowest BCUT2D eigenvalue weighted by Gasteiger charge is -2.26. The van der Waals surface area contributed by atoms with Crippen LogP contribution in [0, 0.1) is 18.8 Å². The second-order valence-corrected chi connectivity index (χ2v) is 11.8. The molecule has 46 heavy (non-hydrogen) atoms. The van der Waals surface area contributed by atoms with Gasteiger partial charge in [-0.1, -0.05) is 45.8 Å². The Morgan fingerprint density at radius 3 is 2.35 bits per heavy atom. The number of hydrogen-bond donors (Lipinski definition) is 2. The number of nitrogens with one attached hydrogen (secondary N) is 1. The first-order chi connectivity index (χ1) is 21.9. The standard InChI is InChI=1S/C31H31B5N8O2/c1-14(40-30(45)21-28(37)41-43-11-5-10-38-29(21)43)19-12-17-7-4-6-16(8-9-18-13-39-42(3)15(18)2)20(17)31(46)44(19)27-25(35)23(33)22(32)24(34)26(27)36/h4-7,10-14H,32-36H2,1-3H3,(H2,37,41)(H,40,45)/t14-/m1/s1. The second-order valence-electron chi connectivity index (χ2n) is 11.8. The third-order valence-electron chi connectivity index (χ3n) is 9.27. The molecular formula is C31H31B5N8O2. The summed E-state index contributed by atoms with van der Waals surface area (Å²) in [6, 6.07) is 8.73. The van der Waals surface area contributed by atoms with Gasteiger partial charge in [-0.25, -0.2) is 9.50 Å². The van der Waals surface area contributed by atoms with Gasteiger partial charge in [-0.15, -0.1) is 10.6 Å². The molecule has 0 aliphatic carbocycles. The van der Waals surface area contributed by atoms with Crippen LogP contribution in [0.3, 0.4) is 0 Å². The van der Waals surface area contributed by atoms with Gasteiger partial charge in [0.1, 0.15) is 44.8 Å². The number of nitrogens with zero attached hydrogens (tertiary/aromatic N) is 6. The molecule has 0 aliphatic heterocycles. The van der Waals surface area contributed by atoms with Crippen LogP contribution >= 0.6 is 0 Å². The summed E-state index contributed by atoms with van der Waals surface area (Å²) < 4.78 is 4.99. The van der Waals surface area contributed by atoms with Gasteiger partial charge >= 0.3 is 0 Å². The Kier molecular flexibility index (Phi) is 7.68. The Labute approximate surface area is 270 Å². The van der Waals surface area contributed by atoms with Gasteiger partial charge in [-0.2, -0.15) is 5.10 Å². The van der Waals surface area contributed by atoms with Crippen LogP contribution in [0.2, 0.25) is 0 Å². The van der Waals surface area contributed by atoms with Crippen LogP contribution in [0.25, 0.3) is 22.1 Å². The fourth-order valence-electron chi connectivity index (χ4n) is 6.07. The summed E-state index contributed by atoms with van der Waals surface area (Å²) in [5.74, 6) is 6.09. The molecule has 6 aromatic rings. The summed E-state index contributed by atoms with van der Waals surface area (Å²) in [4.78, 5) is 32.9. The Morgan fingerprint density at radius 1 is 1.00 bits per heavy atom. The van der Waals surface area contributed by atoms with E-state index >= 15 is 0 Å². The van der Waals surface area contributed by atoms with Crippen molar-refractivity contribution in [3.8, 4) is 17.5 Å². The van der Waals surface area contributed by atoms with Crippen molar-refractivity contribution in [2.75, 3.05) is 5.73 Å². The summed E-state index contributed by atoms with van der Waals surface area (Å²) in [7, 11) is 12.2. The molecule has 0 aliphatic rings. The number of carbonyl (C=O) groups is 1. The lowest BCUT2D eigenvalue weighted by molar-refractivity contribution is 0.0941. The van der Waals surface area contributed by atoms with E-state index in [1.165, 1.54) is 9.98 Å². The molecule has 10 nitrogen and oxygen atoms in total. The van der Waals surface area contributed by atoms with Gasteiger partial charge in [0.25, 0.3) is 11.5 Å². The number of rotatable bonds is 4. The number of aryl methyl sites for hydroxylation is 1. The average molecular weight is 602 g/mol. The predicted octanol–water partition coefficient (Wildman–Crippen LogP) is -5.16. The summed E-state index contributed by atoms with van der Waals surface area (Å²) in [6.07, 6.45) is 5.00. The van der Waals surface area contributed by atoms with Crippen molar-refractivity contribution in [3.05, 3.63) is 87.4 Å². The summed E-state index contributed by atoms with van der Waals surface area (Å²) >= 11 is 0. The molecule has 2 aromatic carbocycles. The smallest absolute Gasteiger partial charge is 0.264 e. The van der Waals surface area contributed by atoms with Gasteiger partial charge in [0, 0.05) is 36.4 Å². The van der Waals surface area contributed by atoms with Gasteiger partial charge in [-0.3, -0.25) is 18.8 Å². The van der Waals surface area contributed by atoms with Crippen LogP contribution in [-0.2, 0) is 7.05 Å². The van der Waals surface area contributed by atoms with Crippen LogP contribution in [0.4, 0.5) is 5.82 Å². The van der Waals surface area contributed by atoms with E-state index in [2.05, 4.69) is 55.9 Å². The largest absolute Gasteiger partial charge is 0.381 e. The van der Waals surface area contributed by atoms with Crippen LogP contribution in [0.5, 0.6) is 0 Å². The maximum Gasteiger partial charge on any atom is 0.264 e. The minimum atomic E-state index is -0.601. The van der Waals surface area contributed by atoms with Crippen molar-refractivity contribution in [2.24, 2.45) is 7.05 Å². The molecule has 0 unspecified atom stereocenters. The maximum atomic E-state index is 14.8. The molecule has 15 heteroatoms. The van der Waals surface area contributed by atoms with E-state index in [1.807, 2.05) is 60.9 Å². The molecule has 1 atom stereocenters. The van der Waals surface area contributed by atoms with Crippen LogP contribution < -0.4 is 43.9 Å². The van der Waals surface area contributed by atoms with Crippen molar-refractivity contribution in [1.82, 2.24) is 34.3 Å². The van der Waals surface area contributed by atoms with Crippen LogP contribution in [-0.4, -0.2) is 74.1 Å². The van der Waals surface area contributed by atoms with Gasteiger partial charge in [0.2, 0.25) is 0 Å². The molecule has 0 bridgehead atoms. The normalized spacial score (nSPS) is 11.8. The number of fused-ring (bicyclic) bond motifs is 2. The minimum absolute atomic E-state index is 0.0721. The topological polar surface area (TPSA) is 125 Å². The molecule has 0 spiro atoms. The van der Waals surface area contributed by atoms with Gasteiger partial charge in [-0.05, 0) is 37.4 Å².